The molecule has 2 fully saturated rings. The van der Waals surface area contributed by atoms with Gasteiger partial charge in [-0.3, -0.25) is 14.7 Å². The Morgan fingerprint density at radius 2 is 1.73 bits per heavy atom. The predicted molar refractivity (Wildman–Crippen MR) is 125 cm³/mol. The number of nitrogens with one attached hydrogen (secondary N) is 1. The number of aliphatic imine (C=N–C) groups is 1. The van der Waals surface area contributed by atoms with E-state index in [1.165, 1.54) is 11.3 Å². The van der Waals surface area contributed by atoms with Gasteiger partial charge in [-0.2, -0.15) is 0 Å². The molecule has 2 aliphatic heterocycles. The molecule has 0 atom stereocenters. The largest absolute Gasteiger partial charge is 0.368 e. The molecule has 1 aromatic carbocycles. The molecule has 1 amide bonds. The fourth-order valence-electron chi connectivity index (χ4n) is 4.09. The number of piperazine rings is 2. The molecule has 0 saturated carbocycles. The van der Waals surface area contributed by atoms with Crippen molar-refractivity contribution in [2.24, 2.45) is 4.99 Å². The summed E-state index contributed by atoms with van der Waals surface area (Å²) in [5.41, 5.74) is 2.49. The number of amides is 1. The maximum Gasteiger partial charge on any atom is 0.219 e. The van der Waals surface area contributed by atoms with Gasteiger partial charge in [0, 0.05) is 83.1 Å². The minimum Gasteiger partial charge on any atom is -0.368 e. The second-order valence-electron chi connectivity index (χ2n) is 7.99. The summed E-state index contributed by atoms with van der Waals surface area (Å²) >= 11 is 6.21. The van der Waals surface area contributed by atoms with Gasteiger partial charge in [-0.15, -0.1) is 0 Å². The number of rotatable bonds is 5. The lowest BCUT2D eigenvalue weighted by Crippen LogP contribution is -2.53. The minimum atomic E-state index is 0.175. The van der Waals surface area contributed by atoms with Crippen molar-refractivity contribution in [3.05, 3.63) is 28.8 Å². The molecular weight excluding hydrogens is 400 g/mol. The van der Waals surface area contributed by atoms with E-state index in [2.05, 4.69) is 46.0 Å². The number of nitrogens with zero attached hydrogens (tertiary/aromatic N) is 5. The van der Waals surface area contributed by atoms with Crippen molar-refractivity contribution in [3.8, 4) is 0 Å². The average Bonchev–Trinajstić information content (AvgIpc) is 2.75. The summed E-state index contributed by atoms with van der Waals surface area (Å²) in [4.78, 5) is 25.4. The highest BCUT2D eigenvalue weighted by Crippen LogP contribution is 2.25. The summed E-state index contributed by atoms with van der Waals surface area (Å²) in [7, 11) is 0. The summed E-state index contributed by atoms with van der Waals surface area (Å²) in [6, 6.07) is 6.11. The first-order valence-corrected chi connectivity index (χ1v) is 11.4. The van der Waals surface area contributed by atoms with E-state index in [1.807, 2.05) is 11.0 Å². The molecular formula is C22H35ClN6O. The van der Waals surface area contributed by atoms with Crippen molar-refractivity contribution < 1.29 is 4.79 Å². The predicted octanol–water partition coefficient (Wildman–Crippen LogP) is 1.90. The van der Waals surface area contributed by atoms with Crippen LogP contribution in [0.5, 0.6) is 0 Å². The van der Waals surface area contributed by atoms with E-state index in [4.69, 9.17) is 16.6 Å². The molecule has 2 aliphatic rings. The Hall–Kier alpha value is -1.99. The van der Waals surface area contributed by atoms with Crippen molar-refractivity contribution >= 4 is 29.2 Å². The van der Waals surface area contributed by atoms with E-state index >= 15 is 0 Å². The van der Waals surface area contributed by atoms with Gasteiger partial charge in [0.05, 0.1) is 6.54 Å². The van der Waals surface area contributed by atoms with Crippen LogP contribution in [0.15, 0.2) is 23.2 Å². The molecule has 2 saturated heterocycles. The Labute approximate surface area is 185 Å². The van der Waals surface area contributed by atoms with Crippen LogP contribution in [0.1, 0.15) is 19.4 Å². The fraction of sp³-hybridized carbons (Fsp3) is 0.636. The molecule has 0 aromatic heterocycles. The zero-order chi connectivity index (χ0) is 21.5. The lowest BCUT2D eigenvalue weighted by atomic mass is 10.1. The van der Waals surface area contributed by atoms with Gasteiger partial charge in [0.1, 0.15) is 0 Å². The Bertz CT molecular complexity index is 739. The quantitative estimate of drug-likeness (QED) is 0.566. The highest BCUT2D eigenvalue weighted by atomic mass is 35.5. The van der Waals surface area contributed by atoms with Gasteiger partial charge < -0.3 is 20.0 Å². The van der Waals surface area contributed by atoms with Crippen LogP contribution in [-0.4, -0.2) is 98.6 Å². The molecule has 8 heteroatoms. The van der Waals surface area contributed by atoms with Crippen LogP contribution in [0, 0.1) is 6.92 Å². The summed E-state index contributed by atoms with van der Waals surface area (Å²) < 4.78 is 0. The van der Waals surface area contributed by atoms with Gasteiger partial charge in [-0.05, 0) is 31.5 Å². The van der Waals surface area contributed by atoms with Crippen molar-refractivity contribution in [2.75, 3.05) is 76.9 Å². The van der Waals surface area contributed by atoms with Crippen LogP contribution in [0.2, 0.25) is 5.02 Å². The first-order valence-electron chi connectivity index (χ1n) is 11.0. The number of carbonyl (C=O) groups excluding carboxylic acids is 1. The molecule has 7 nitrogen and oxygen atoms in total. The van der Waals surface area contributed by atoms with E-state index in [9.17, 15) is 4.79 Å². The number of carbonyl (C=O) groups is 1. The normalized spacial score (nSPS) is 18.7. The Kier molecular flexibility index (Phi) is 8.22. The first kappa shape index (κ1) is 22.7. The molecule has 166 valence electrons. The lowest BCUT2D eigenvalue weighted by molar-refractivity contribution is -0.130. The van der Waals surface area contributed by atoms with Crippen LogP contribution in [0.4, 0.5) is 5.69 Å². The van der Waals surface area contributed by atoms with Crippen LogP contribution in [0.25, 0.3) is 0 Å². The molecule has 2 heterocycles. The third-order valence-electron chi connectivity index (χ3n) is 5.92. The zero-order valence-corrected chi connectivity index (χ0v) is 19.3. The van der Waals surface area contributed by atoms with Gasteiger partial charge in [-0.1, -0.05) is 17.7 Å². The molecule has 0 bridgehead atoms. The SMILES string of the molecule is CCNC(=NCCN1CCN(C(C)=O)CC1)N1CCN(c2cc(Cl)ccc2C)CC1. The molecule has 0 spiro atoms. The molecule has 3 rings (SSSR count). The van der Waals surface area contributed by atoms with Crippen molar-refractivity contribution in [1.29, 1.82) is 0 Å². The summed E-state index contributed by atoms with van der Waals surface area (Å²) in [6.07, 6.45) is 0. The highest BCUT2D eigenvalue weighted by molar-refractivity contribution is 6.30. The first-order chi connectivity index (χ1) is 14.5. The van der Waals surface area contributed by atoms with Crippen molar-refractivity contribution in [2.45, 2.75) is 20.8 Å². The van der Waals surface area contributed by atoms with Crippen LogP contribution in [0.3, 0.4) is 0 Å². The molecule has 30 heavy (non-hydrogen) atoms. The topological polar surface area (TPSA) is 54.4 Å². The summed E-state index contributed by atoms with van der Waals surface area (Å²) in [5.74, 6) is 1.18. The van der Waals surface area contributed by atoms with Gasteiger partial charge in [0.25, 0.3) is 0 Å². The second-order valence-corrected chi connectivity index (χ2v) is 8.42. The maximum atomic E-state index is 11.5. The van der Waals surface area contributed by atoms with E-state index < -0.39 is 0 Å². The third kappa shape index (κ3) is 6.01. The van der Waals surface area contributed by atoms with E-state index in [0.717, 1.165) is 83.0 Å². The van der Waals surface area contributed by atoms with Crippen molar-refractivity contribution in [1.82, 2.24) is 20.0 Å². The number of guanidine groups is 1. The number of benzene rings is 1. The maximum absolute atomic E-state index is 11.5. The Balaban J connectivity index is 1.50. The summed E-state index contributed by atoms with van der Waals surface area (Å²) in [6.45, 7) is 15.8. The summed E-state index contributed by atoms with van der Waals surface area (Å²) in [5, 5.41) is 4.24. The monoisotopic (exact) mass is 434 g/mol. The zero-order valence-electron chi connectivity index (χ0n) is 18.5. The van der Waals surface area contributed by atoms with Gasteiger partial charge >= 0.3 is 0 Å². The van der Waals surface area contributed by atoms with E-state index in [0.29, 0.717) is 0 Å². The molecule has 0 aliphatic carbocycles. The number of halogens is 1. The minimum absolute atomic E-state index is 0.175. The molecule has 0 radical (unpaired) electrons. The highest BCUT2D eigenvalue weighted by Gasteiger charge is 2.22. The van der Waals surface area contributed by atoms with E-state index in [-0.39, 0.29) is 5.91 Å². The molecule has 1 N–H and O–H groups in total. The van der Waals surface area contributed by atoms with Crippen LogP contribution >= 0.6 is 11.6 Å². The van der Waals surface area contributed by atoms with Crippen LogP contribution in [-0.2, 0) is 4.79 Å². The van der Waals surface area contributed by atoms with Gasteiger partial charge in [0.2, 0.25) is 5.91 Å². The Morgan fingerprint density at radius 1 is 1.07 bits per heavy atom. The number of anilines is 1. The lowest BCUT2D eigenvalue weighted by Gasteiger charge is -2.38. The molecule has 1 aromatic rings. The number of aryl methyl sites for hydroxylation is 1. The number of hydrogen-bond acceptors (Lipinski definition) is 4. The average molecular weight is 435 g/mol. The van der Waals surface area contributed by atoms with Gasteiger partial charge in [0.15, 0.2) is 5.96 Å². The molecule has 0 unspecified atom stereocenters. The standard InChI is InChI=1S/C22H35ClN6O/c1-4-24-22(25-7-8-26-9-11-27(12-10-26)19(3)30)29-15-13-28(14-16-29)21-17-20(23)6-5-18(21)2/h5-6,17H,4,7-16H2,1-3H3,(H,24,25). The number of hydrogen-bond donors (Lipinski definition) is 1. The van der Waals surface area contributed by atoms with Crippen molar-refractivity contribution in [3.63, 3.8) is 0 Å². The fourth-order valence-corrected chi connectivity index (χ4v) is 4.26. The second kappa shape index (κ2) is 10.9. The smallest absolute Gasteiger partial charge is 0.219 e. The van der Waals surface area contributed by atoms with Crippen LogP contribution < -0.4 is 10.2 Å². The van der Waals surface area contributed by atoms with Gasteiger partial charge in [-0.25, -0.2) is 0 Å². The third-order valence-corrected chi connectivity index (χ3v) is 6.16. The Morgan fingerprint density at radius 3 is 2.37 bits per heavy atom. The van der Waals surface area contributed by atoms with E-state index in [1.54, 1.807) is 6.92 Å².